The van der Waals surface area contributed by atoms with Crippen molar-refractivity contribution < 1.29 is 0 Å². The van der Waals surface area contributed by atoms with Crippen molar-refractivity contribution in [2.75, 3.05) is 0 Å². The van der Waals surface area contributed by atoms with Gasteiger partial charge in [0.1, 0.15) is 0 Å². The molecule has 2 aliphatic rings. The molecule has 0 atom stereocenters. The van der Waals surface area contributed by atoms with Crippen molar-refractivity contribution in [1.82, 2.24) is 0 Å². The van der Waals surface area contributed by atoms with Crippen LogP contribution in [0.1, 0.15) is 36.1 Å². The van der Waals surface area contributed by atoms with E-state index < -0.39 is 0 Å². The third-order valence-corrected chi connectivity index (χ3v) is 5.75. The smallest absolute Gasteiger partial charge is 0.0950 e. The van der Waals surface area contributed by atoms with E-state index >= 15 is 0 Å². The Kier molecular flexibility index (Phi) is 3.38. The Balaban J connectivity index is 1.92. The lowest BCUT2D eigenvalue weighted by Crippen LogP contribution is -1.89. The lowest BCUT2D eigenvalue weighted by molar-refractivity contribution is 1.44. The summed E-state index contributed by atoms with van der Waals surface area (Å²) in [6, 6.07) is 25.6. The average Bonchev–Trinajstić information content (AvgIpc) is 3.23. The molecule has 3 aromatic rings. The van der Waals surface area contributed by atoms with E-state index in [4.69, 9.17) is 0 Å². The van der Waals surface area contributed by atoms with E-state index in [1.54, 1.807) is 0 Å². The van der Waals surface area contributed by atoms with Gasteiger partial charge in [-0.3, -0.25) is 0 Å². The molecule has 0 fully saturated rings. The quantitative estimate of drug-likeness (QED) is 0.304. The minimum atomic E-state index is 0.724. The van der Waals surface area contributed by atoms with Gasteiger partial charge in [0.05, 0.1) is 12.1 Å². The van der Waals surface area contributed by atoms with Crippen molar-refractivity contribution in [3.63, 3.8) is 0 Å². The van der Waals surface area contributed by atoms with Gasteiger partial charge in [-0.1, -0.05) is 48.5 Å². The molecule has 5 rings (SSSR count). The minimum absolute atomic E-state index is 0.724. The summed E-state index contributed by atoms with van der Waals surface area (Å²) in [7, 11) is 0. The molecule has 0 unspecified atom stereocenters. The normalized spacial score (nSPS) is 16.3. The number of fused-ring (bicyclic) bond motifs is 6. The fourth-order valence-electron chi connectivity index (χ4n) is 4.54. The molecule has 2 aliphatic carbocycles. The number of nitrogens with zero attached hydrogens (tertiary/aromatic N) is 2. The van der Waals surface area contributed by atoms with Crippen LogP contribution in [0.2, 0.25) is 0 Å². The highest BCUT2D eigenvalue weighted by atomic mass is 14.4. The van der Waals surface area contributed by atoms with Crippen LogP contribution in [0.3, 0.4) is 0 Å². The second-order valence-corrected chi connectivity index (χ2v) is 7.26. The van der Waals surface area contributed by atoms with Gasteiger partial charge in [-0.2, -0.15) is 10.5 Å². The summed E-state index contributed by atoms with van der Waals surface area (Å²) in [5.74, 6) is 0. The number of hydrogen-bond donors (Lipinski definition) is 0. The number of allylic oxidation sites excluding steroid dienone is 2. The SMILES string of the molecule is CC(C#N)=C1c2ccccc2-c2cc3c(cc21)-c1ccccc1C3=C(C)C#N. The molecule has 0 aromatic heterocycles. The summed E-state index contributed by atoms with van der Waals surface area (Å²) in [4.78, 5) is 0. The Bertz CT molecular complexity index is 1230. The van der Waals surface area contributed by atoms with Crippen molar-refractivity contribution in [2.24, 2.45) is 0 Å². The second kappa shape index (κ2) is 5.81. The van der Waals surface area contributed by atoms with E-state index in [0.29, 0.717) is 0 Å². The van der Waals surface area contributed by atoms with E-state index in [0.717, 1.165) is 66.8 Å². The molecule has 0 bridgehead atoms. The van der Waals surface area contributed by atoms with Crippen LogP contribution in [0, 0.1) is 22.7 Å². The molecule has 0 amide bonds. The Morgan fingerprint density at radius 2 is 0.893 bits per heavy atom. The Labute approximate surface area is 164 Å². The fourth-order valence-corrected chi connectivity index (χ4v) is 4.54. The third-order valence-electron chi connectivity index (χ3n) is 5.75. The molecule has 0 radical (unpaired) electrons. The van der Waals surface area contributed by atoms with Crippen LogP contribution in [0.4, 0.5) is 0 Å². The maximum absolute atomic E-state index is 9.59. The number of hydrogen-bond acceptors (Lipinski definition) is 2. The molecule has 28 heavy (non-hydrogen) atoms. The molecular weight excluding hydrogens is 340 g/mol. The summed E-state index contributed by atoms with van der Waals surface area (Å²) < 4.78 is 0. The lowest BCUT2D eigenvalue weighted by Gasteiger charge is -2.09. The van der Waals surface area contributed by atoms with Gasteiger partial charge in [-0.25, -0.2) is 0 Å². The van der Waals surface area contributed by atoms with Gasteiger partial charge in [0.25, 0.3) is 0 Å². The van der Waals surface area contributed by atoms with Crippen LogP contribution in [0.15, 0.2) is 71.8 Å². The molecule has 0 heterocycles. The van der Waals surface area contributed by atoms with Crippen LogP contribution in [-0.4, -0.2) is 0 Å². The van der Waals surface area contributed by atoms with Crippen LogP contribution in [0.5, 0.6) is 0 Å². The summed E-state index contributed by atoms with van der Waals surface area (Å²) in [5.41, 5.74) is 12.5. The Morgan fingerprint density at radius 1 is 0.536 bits per heavy atom. The van der Waals surface area contributed by atoms with Crippen molar-refractivity contribution in [3.8, 4) is 34.4 Å². The zero-order valence-electron chi connectivity index (χ0n) is 15.7. The third kappa shape index (κ3) is 2.01. The first-order valence-electron chi connectivity index (χ1n) is 9.26. The Hall–Kier alpha value is -3.88. The minimum Gasteiger partial charge on any atom is -0.193 e. The zero-order valence-corrected chi connectivity index (χ0v) is 15.7. The summed E-state index contributed by atoms with van der Waals surface area (Å²) in [6.45, 7) is 3.76. The molecule has 130 valence electrons. The maximum atomic E-state index is 9.59. The predicted octanol–water partition coefficient (Wildman–Crippen LogP) is 6.34. The molecule has 0 N–H and O–H groups in total. The molecule has 2 nitrogen and oxygen atoms in total. The molecule has 0 aliphatic heterocycles. The standard InChI is InChI=1S/C26H16N2/c1-15(13-27)25-19-9-5-3-7-17(19)21-12-24-22(11-23(21)25)18-8-4-6-10-20(18)26(24)16(2)14-28/h3-12H,1-2H3. The summed E-state index contributed by atoms with van der Waals surface area (Å²) in [6.07, 6.45) is 0. The Morgan fingerprint density at radius 3 is 1.25 bits per heavy atom. The largest absolute Gasteiger partial charge is 0.193 e. The van der Waals surface area contributed by atoms with Crippen LogP contribution in [0.25, 0.3) is 33.4 Å². The highest BCUT2D eigenvalue weighted by Crippen LogP contribution is 2.53. The monoisotopic (exact) mass is 356 g/mol. The first-order chi connectivity index (χ1) is 13.7. The van der Waals surface area contributed by atoms with Gasteiger partial charge < -0.3 is 0 Å². The lowest BCUT2D eigenvalue weighted by atomic mass is 9.93. The topological polar surface area (TPSA) is 47.6 Å². The first-order valence-corrected chi connectivity index (χ1v) is 9.26. The molecule has 0 saturated carbocycles. The number of benzene rings is 3. The van der Waals surface area contributed by atoms with Gasteiger partial charge in [-0.15, -0.1) is 0 Å². The zero-order chi connectivity index (χ0) is 19.4. The van der Waals surface area contributed by atoms with Gasteiger partial charge >= 0.3 is 0 Å². The van der Waals surface area contributed by atoms with E-state index in [1.165, 1.54) is 0 Å². The van der Waals surface area contributed by atoms with E-state index in [9.17, 15) is 10.5 Å². The predicted molar refractivity (Wildman–Crippen MR) is 112 cm³/mol. The molecule has 0 saturated heterocycles. The van der Waals surface area contributed by atoms with E-state index in [1.807, 2.05) is 38.1 Å². The summed E-state index contributed by atoms with van der Waals surface area (Å²) >= 11 is 0. The van der Waals surface area contributed by atoms with Gasteiger partial charge in [0, 0.05) is 22.3 Å². The van der Waals surface area contributed by atoms with Crippen LogP contribution in [-0.2, 0) is 0 Å². The van der Waals surface area contributed by atoms with Gasteiger partial charge in [-0.05, 0) is 70.5 Å². The maximum Gasteiger partial charge on any atom is 0.0950 e. The van der Waals surface area contributed by atoms with Crippen molar-refractivity contribution in [1.29, 1.82) is 10.5 Å². The van der Waals surface area contributed by atoms with Crippen molar-refractivity contribution >= 4 is 11.1 Å². The van der Waals surface area contributed by atoms with Crippen molar-refractivity contribution in [2.45, 2.75) is 13.8 Å². The van der Waals surface area contributed by atoms with Crippen LogP contribution >= 0.6 is 0 Å². The van der Waals surface area contributed by atoms with E-state index in [2.05, 4.69) is 48.5 Å². The molecule has 2 heteroatoms. The highest BCUT2D eigenvalue weighted by molar-refractivity contribution is 6.10. The van der Waals surface area contributed by atoms with E-state index in [-0.39, 0.29) is 0 Å². The summed E-state index contributed by atoms with van der Waals surface area (Å²) in [5, 5.41) is 19.2. The van der Waals surface area contributed by atoms with Crippen LogP contribution < -0.4 is 0 Å². The van der Waals surface area contributed by atoms with Crippen molar-refractivity contribution in [3.05, 3.63) is 94.1 Å². The fraction of sp³-hybridized carbons (Fsp3) is 0.0769. The number of nitriles is 2. The number of rotatable bonds is 0. The molecule has 0 spiro atoms. The second-order valence-electron chi connectivity index (χ2n) is 7.26. The average molecular weight is 356 g/mol. The van der Waals surface area contributed by atoms with Gasteiger partial charge in [0.15, 0.2) is 0 Å². The first kappa shape index (κ1) is 16.3. The van der Waals surface area contributed by atoms with Gasteiger partial charge in [0.2, 0.25) is 0 Å². The molecular formula is C26H16N2. The molecule has 3 aromatic carbocycles. The highest BCUT2D eigenvalue weighted by Gasteiger charge is 2.31.